The minimum Gasteiger partial charge on any atom is -0.506 e. The highest BCUT2D eigenvalue weighted by molar-refractivity contribution is 6.33. The molecule has 100 valence electrons. The molecule has 0 amide bonds. The third-order valence-corrected chi connectivity index (χ3v) is 3.64. The smallest absolute Gasteiger partial charge is 0.183 e. The van der Waals surface area contributed by atoms with Gasteiger partial charge in [-0.15, -0.1) is 0 Å². The van der Waals surface area contributed by atoms with Crippen molar-refractivity contribution in [3.63, 3.8) is 0 Å². The monoisotopic (exact) mass is 271 g/mol. The van der Waals surface area contributed by atoms with Crippen molar-refractivity contribution in [2.75, 3.05) is 20.8 Å². The Bertz CT molecular complexity index is 431. The van der Waals surface area contributed by atoms with Gasteiger partial charge in [0.15, 0.2) is 11.5 Å². The van der Waals surface area contributed by atoms with Crippen LogP contribution < -0.4 is 14.8 Å². The molecule has 0 saturated carbocycles. The van der Waals surface area contributed by atoms with Crippen molar-refractivity contribution in [1.29, 1.82) is 0 Å². The van der Waals surface area contributed by atoms with Crippen LogP contribution >= 0.6 is 11.6 Å². The molecule has 5 heteroatoms. The number of phenolic OH excluding ortho intramolecular Hbond substituents is 1. The van der Waals surface area contributed by atoms with Gasteiger partial charge in [0, 0.05) is 11.6 Å². The predicted octanol–water partition coefficient (Wildman–Crippen LogP) is 2.36. The van der Waals surface area contributed by atoms with E-state index in [1.165, 1.54) is 13.5 Å². The van der Waals surface area contributed by atoms with Crippen molar-refractivity contribution in [3.8, 4) is 17.2 Å². The van der Waals surface area contributed by atoms with Gasteiger partial charge in [0.25, 0.3) is 0 Å². The Balaban J connectivity index is 2.32. The Morgan fingerprint density at radius 1 is 1.44 bits per heavy atom. The third kappa shape index (κ3) is 2.49. The molecule has 1 aromatic rings. The molecule has 0 spiro atoms. The first-order valence-corrected chi connectivity index (χ1v) is 6.40. The van der Waals surface area contributed by atoms with Gasteiger partial charge in [0.2, 0.25) is 0 Å². The predicted molar refractivity (Wildman–Crippen MR) is 70.9 cm³/mol. The van der Waals surface area contributed by atoms with Gasteiger partial charge in [-0.25, -0.2) is 0 Å². The average molecular weight is 272 g/mol. The summed E-state index contributed by atoms with van der Waals surface area (Å²) in [5.41, 5.74) is 0.789. The Hall–Kier alpha value is -1.13. The number of halogens is 1. The highest BCUT2D eigenvalue weighted by Gasteiger charge is 2.21. The first-order valence-electron chi connectivity index (χ1n) is 6.03. The van der Waals surface area contributed by atoms with Crippen LogP contribution in [0, 0.1) is 0 Å². The molecule has 0 radical (unpaired) electrons. The van der Waals surface area contributed by atoms with Crippen LogP contribution in [-0.4, -0.2) is 31.9 Å². The maximum atomic E-state index is 10.1. The van der Waals surface area contributed by atoms with Crippen LogP contribution in [0.3, 0.4) is 0 Å². The molecule has 1 heterocycles. The molecular weight excluding hydrogens is 254 g/mol. The van der Waals surface area contributed by atoms with E-state index in [1.54, 1.807) is 13.2 Å². The van der Waals surface area contributed by atoms with Crippen molar-refractivity contribution >= 4 is 11.6 Å². The highest BCUT2D eigenvalue weighted by Crippen LogP contribution is 2.43. The van der Waals surface area contributed by atoms with Crippen molar-refractivity contribution in [3.05, 3.63) is 16.7 Å². The van der Waals surface area contributed by atoms with E-state index in [-0.39, 0.29) is 10.8 Å². The zero-order chi connectivity index (χ0) is 13.1. The Labute approximate surface area is 112 Å². The molecule has 1 atom stereocenters. The summed E-state index contributed by atoms with van der Waals surface area (Å²) in [5.74, 6) is 1.01. The van der Waals surface area contributed by atoms with E-state index in [0.717, 1.165) is 24.9 Å². The number of nitrogens with one attached hydrogen (secondary N) is 1. The zero-order valence-electron chi connectivity index (χ0n) is 10.6. The van der Waals surface area contributed by atoms with Crippen LogP contribution in [-0.2, 0) is 6.42 Å². The number of rotatable bonds is 4. The van der Waals surface area contributed by atoms with E-state index in [4.69, 9.17) is 21.1 Å². The fraction of sp³-hybridized carbons (Fsp3) is 0.538. The summed E-state index contributed by atoms with van der Waals surface area (Å²) in [6, 6.07) is 2.19. The lowest BCUT2D eigenvalue weighted by molar-refractivity contribution is 0.350. The summed E-state index contributed by atoms with van der Waals surface area (Å²) >= 11 is 6.09. The Morgan fingerprint density at radius 2 is 2.22 bits per heavy atom. The van der Waals surface area contributed by atoms with Crippen molar-refractivity contribution in [1.82, 2.24) is 5.32 Å². The second-order valence-electron chi connectivity index (χ2n) is 4.43. The molecule has 1 fully saturated rings. The van der Waals surface area contributed by atoms with Crippen LogP contribution in [0.5, 0.6) is 17.2 Å². The van der Waals surface area contributed by atoms with Gasteiger partial charge < -0.3 is 19.9 Å². The molecule has 2 N–H and O–H groups in total. The minimum absolute atomic E-state index is 0.0861. The number of methoxy groups -OCH3 is 2. The number of phenols is 1. The van der Waals surface area contributed by atoms with E-state index in [2.05, 4.69) is 5.32 Å². The van der Waals surface area contributed by atoms with Gasteiger partial charge in [0.05, 0.1) is 14.2 Å². The topological polar surface area (TPSA) is 50.7 Å². The molecule has 1 unspecified atom stereocenters. The SMILES string of the molecule is COc1cc(CC2CCCN2)c(O)c(Cl)c1OC. The normalized spacial score (nSPS) is 18.9. The lowest BCUT2D eigenvalue weighted by atomic mass is 10.0. The minimum atomic E-state index is 0.0861. The maximum Gasteiger partial charge on any atom is 0.183 e. The van der Waals surface area contributed by atoms with Gasteiger partial charge in [-0.1, -0.05) is 11.6 Å². The van der Waals surface area contributed by atoms with Gasteiger partial charge in [-0.05, 0) is 31.9 Å². The molecule has 2 rings (SSSR count). The largest absolute Gasteiger partial charge is 0.506 e. The van der Waals surface area contributed by atoms with Gasteiger partial charge in [-0.3, -0.25) is 0 Å². The molecule has 18 heavy (non-hydrogen) atoms. The van der Waals surface area contributed by atoms with Gasteiger partial charge in [0.1, 0.15) is 10.8 Å². The van der Waals surface area contributed by atoms with Crippen LogP contribution in [0.15, 0.2) is 6.07 Å². The van der Waals surface area contributed by atoms with Crippen molar-refractivity contribution < 1.29 is 14.6 Å². The second kappa shape index (κ2) is 5.67. The lowest BCUT2D eigenvalue weighted by Gasteiger charge is -2.16. The van der Waals surface area contributed by atoms with Gasteiger partial charge in [-0.2, -0.15) is 0 Å². The molecule has 0 aliphatic carbocycles. The fourth-order valence-electron chi connectivity index (χ4n) is 2.34. The lowest BCUT2D eigenvalue weighted by Crippen LogP contribution is -2.23. The van der Waals surface area contributed by atoms with E-state index in [0.29, 0.717) is 17.5 Å². The summed E-state index contributed by atoms with van der Waals surface area (Å²) in [7, 11) is 3.06. The molecule has 0 aromatic heterocycles. The van der Waals surface area contributed by atoms with E-state index >= 15 is 0 Å². The summed E-state index contributed by atoms with van der Waals surface area (Å²) in [6.07, 6.45) is 3.03. The fourth-order valence-corrected chi connectivity index (χ4v) is 2.63. The number of aromatic hydroxyl groups is 1. The highest BCUT2D eigenvalue weighted by atomic mass is 35.5. The van der Waals surface area contributed by atoms with Crippen LogP contribution in [0.25, 0.3) is 0 Å². The Kier molecular flexibility index (Phi) is 4.19. The molecule has 1 saturated heterocycles. The third-order valence-electron chi connectivity index (χ3n) is 3.29. The van der Waals surface area contributed by atoms with E-state index in [1.807, 2.05) is 0 Å². The number of benzene rings is 1. The summed E-state index contributed by atoms with van der Waals surface area (Å²) < 4.78 is 10.4. The average Bonchev–Trinajstić information content (AvgIpc) is 2.87. The number of hydrogen-bond donors (Lipinski definition) is 2. The number of hydrogen-bond acceptors (Lipinski definition) is 4. The zero-order valence-corrected chi connectivity index (χ0v) is 11.4. The summed E-state index contributed by atoms with van der Waals surface area (Å²) in [6.45, 7) is 1.03. The van der Waals surface area contributed by atoms with E-state index < -0.39 is 0 Å². The molecule has 4 nitrogen and oxygen atoms in total. The Morgan fingerprint density at radius 3 is 2.78 bits per heavy atom. The molecule has 1 aliphatic heterocycles. The molecule has 1 aromatic carbocycles. The van der Waals surface area contributed by atoms with Crippen LogP contribution in [0.2, 0.25) is 5.02 Å². The first kappa shape index (κ1) is 13.3. The van der Waals surface area contributed by atoms with Crippen LogP contribution in [0.1, 0.15) is 18.4 Å². The second-order valence-corrected chi connectivity index (χ2v) is 4.81. The standard InChI is InChI=1S/C13H18ClNO3/c1-17-10-7-8(6-9-4-3-5-15-9)12(16)11(14)13(10)18-2/h7,9,15-16H,3-6H2,1-2H3. The quantitative estimate of drug-likeness (QED) is 0.883. The van der Waals surface area contributed by atoms with Crippen molar-refractivity contribution in [2.45, 2.75) is 25.3 Å². The summed E-state index contributed by atoms with van der Waals surface area (Å²) in [5, 5.41) is 13.7. The maximum absolute atomic E-state index is 10.1. The molecule has 0 bridgehead atoms. The molecular formula is C13H18ClNO3. The van der Waals surface area contributed by atoms with Crippen LogP contribution in [0.4, 0.5) is 0 Å². The molecule has 1 aliphatic rings. The number of ether oxygens (including phenoxy) is 2. The summed E-state index contributed by atoms with van der Waals surface area (Å²) in [4.78, 5) is 0. The van der Waals surface area contributed by atoms with Crippen molar-refractivity contribution in [2.24, 2.45) is 0 Å². The first-order chi connectivity index (χ1) is 8.67. The van der Waals surface area contributed by atoms with Gasteiger partial charge >= 0.3 is 0 Å². The van der Waals surface area contributed by atoms with E-state index in [9.17, 15) is 5.11 Å².